The van der Waals surface area contributed by atoms with E-state index in [2.05, 4.69) is 0 Å². The first-order chi connectivity index (χ1) is 8.15. The van der Waals surface area contributed by atoms with E-state index in [0.29, 0.717) is 5.58 Å². The van der Waals surface area contributed by atoms with E-state index in [9.17, 15) is 9.90 Å². The molecule has 84 valence electrons. The van der Waals surface area contributed by atoms with Gasteiger partial charge in [-0.3, -0.25) is 0 Å². The van der Waals surface area contributed by atoms with Crippen molar-refractivity contribution in [3.05, 3.63) is 52.4 Å². The molecular weight excluding hydrogens is 216 g/mol. The third-order valence-corrected chi connectivity index (χ3v) is 2.92. The number of hydrogen-bond donors (Lipinski definition) is 1. The Bertz CT molecular complexity index is 784. The van der Waals surface area contributed by atoms with Crippen LogP contribution in [0.3, 0.4) is 0 Å². The van der Waals surface area contributed by atoms with Gasteiger partial charge in [0.15, 0.2) is 0 Å². The molecule has 0 saturated heterocycles. The molecule has 0 amide bonds. The molecule has 3 nitrogen and oxygen atoms in total. The summed E-state index contributed by atoms with van der Waals surface area (Å²) < 4.78 is 5.24. The highest BCUT2D eigenvalue weighted by molar-refractivity contribution is 6.05. The SMILES string of the molecule is Cc1cc(=O)oc2c1ccc1ccc(O)cc12. The standard InChI is InChI=1S/C14H10O3/c1-8-6-13(16)17-14-11(8)5-3-9-2-4-10(15)7-12(9)14/h2-7,15H,1H3. The Hall–Kier alpha value is -2.29. The molecule has 3 aromatic rings. The smallest absolute Gasteiger partial charge is 0.336 e. The van der Waals surface area contributed by atoms with E-state index in [1.165, 1.54) is 6.07 Å². The van der Waals surface area contributed by atoms with Crippen LogP contribution in [0.25, 0.3) is 21.7 Å². The van der Waals surface area contributed by atoms with Gasteiger partial charge in [-0.05, 0) is 30.0 Å². The number of aryl methyl sites for hydroxylation is 1. The summed E-state index contributed by atoms with van der Waals surface area (Å²) in [6, 6.07) is 10.4. The van der Waals surface area contributed by atoms with Gasteiger partial charge < -0.3 is 9.52 Å². The van der Waals surface area contributed by atoms with E-state index in [1.807, 2.05) is 19.1 Å². The zero-order chi connectivity index (χ0) is 12.0. The van der Waals surface area contributed by atoms with Crippen molar-refractivity contribution in [2.45, 2.75) is 6.92 Å². The average molecular weight is 226 g/mol. The Morgan fingerprint density at radius 2 is 1.82 bits per heavy atom. The highest BCUT2D eigenvalue weighted by atomic mass is 16.4. The van der Waals surface area contributed by atoms with Crippen molar-refractivity contribution in [3.8, 4) is 5.75 Å². The molecule has 0 radical (unpaired) electrons. The Morgan fingerprint density at radius 3 is 2.65 bits per heavy atom. The maximum Gasteiger partial charge on any atom is 0.336 e. The van der Waals surface area contributed by atoms with Crippen molar-refractivity contribution < 1.29 is 9.52 Å². The molecule has 3 heteroatoms. The molecule has 1 N–H and O–H groups in total. The molecule has 0 atom stereocenters. The van der Waals surface area contributed by atoms with Gasteiger partial charge in [0.2, 0.25) is 0 Å². The third kappa shape index (κ3) is 1.47. The largest absolute Gasteiger partial charge is 0.508 e. The molecule has 0 aliphatic rings. The molecule has 0 fully saturated rings. The van der Waals surface area contributed by atoms with Crippen LogP contribution >= 0.6 is 0 Å². The lowest BCUT2D eigenvalue weighted by Crippen LogP contribution is -1.97. The van der Waals surface area contributed by atoms with Crippen molar-refractivity contribution in [1.82, 2.24) is 0 Å². The zero-order valence-corrected chi connectivity index (χ0v) is 9.23. The molecule has 2 aromatic carbocycles. The normalized spacial score (nSPS) is 11.1. The van der Waals surface area contributed by atoms with E-state index in [-0.39, 0.29) is 11.4 Å². The van der Waals surface area contributed by atoms with Crippen molar-refractivity contribution in [2.24, 2.45) is 0 Å². The van der Waals surface area contributed by atoms with Crippen LogP contribution in [0.15, 0.2) is 45.6 Å². The maximum atomic E-state index is 11.4. The van der Waals surface area contributed by atoms with E-state index < -0.39 is 0 Å². The quantitative estimate of drug-likeness (QED) is 0.473. The Balaban J connectivity index is 2.62. The molecular formula is C14H10O3. The summed E-state index contributed by atoms with van der Waals surface area (Å²) >= 11 is 0. The fraction of sp³-hybridized carbons (Fsp3) is 0.0714. The first kappa shape index (κ1) is 9.90. The van der Waals surface area contributed by atoms with Crippen LogP contribution in [0.1, 0.15) is 5.56 Å². The number of aromatic hydroxyl groups is 1. The van der Waals surface area contributed by atoms with E-state index in [4.69, 9.17) is 4.42 Å². The van der Waals surface area contributed by atoms with Gasteiger partial charge in [0, 0.05) is 16.8 Å². The summed E-state index contributed by atoms with van der Waals surface area (Å²) in [4.78, 5) is 11.4. The van der Waals surface area contributed by atoms with Crippen LogP contribution in [-0.2, 0) is 0 Å². The molecule has 1 aromatic heterocycles. The number of phenolic OH excluding ortho intramolecular Hbond substituents is 1. The monoisotopic (exact) mass is 226 g/mol. The molecule has 1 heterocycles. The lowest BCUT2D eigenvalue weighted by atomic mass is 10.0. The van der Waals surface area contributed by atoms with Gasteiger partial charge in [-0.1, -0.05) is 18.2 Å². The van der Waals surface area contributed by atoms with Crippen LogP contribution in [0.2, 0.25) is 0 Å². The summed E-state index contributed by atoms with van der Waals surface area (Å²) in [6.07, 6.45) is 0. The fourth-order valence-electron chi connectivity index (χ4n) is 2.09. The van der Waals surface area contributed by atoms with Crippen LogP contribution in [0.5, 0.6) is 5.75 Å². The molecule has 0 saturated carbocycles. The number of rotatable bonds is 0. The minimum atomic E-state index is -0.370. The minimum Gasteiger partial charge on any atom is -0.508 e. The fourth-order valence-corrected chi connectivity index (χ4v) is 2.09. The van der Waals surface area contributed by atoms with Crippen LogP contribution in [0, 0.1) is 6.92 Å². The predicted molar refractivity (Wildman–Crippen MR) is 66.4 cm³/mol. The van der Waals surface area contributed by atoms with Crippen molar-refractivity contribution in [2.75, 3.05) is 0 Å². The van der Waals surface area contributed by atoms with Crippen LogP contribution < -0.4 is 5.63 Å². The summed E-state index contributed by atoms with van der Waals surface area (Å²) in [5, 5.41) is 12.1. The Kier molecular flexibility index (Phi) is 1.95. The van der Waals surface area contributed by atoms with Crippen molar-refractivity contribution in [3.63, 3.8) is 0 Å². The second-order valence-corrected chi connectivity index (χ2v) is 4.10. The van der Waals surface area contributed by atoms with Gasteiger partial charge in [0.1, 0.15) is 11.3 Å². The van der Waals surface area contributed by atoms with E-state index >= 15 is 0 Å². The summed E-state index contributed by atoms with van der Waals surface area (Å²) in [6.45, 7) is 1.87. The number of hydrogen-bond acceptors (Lipinski definition) is 3. The van der Waals surface area contributed by atoms with Crippen LogP contribution in [0.4, 0.5) is 0 Å². The van der Waals surface area contributed by atoms with Gasteiger partial charge in [-0.25, -0.2) is 4.79 Å². The zero-order valence-electron chi connectivity index (χ0n) is 9.23. The third-order valence-electron chi connectivity index (χ3n) is 2.92. The van der Waals surface area contributed by atoms with E-state index in [0.717, 1.165) is 21.7 Å². The van der Waals surface area contributed by atoms with Gasteiger partial charge in [-0.2, -0.15) is 0 Å². The van der Waals surface area contributed by atoms with Gasteiger partial charge in [0.25, 0.3) is 0 Å². The first-order valence-electron chi connectivity index (χ1n) is 5.31. The predicted octanol–water partition coefficient (Wildman–Crippen LogP) is 2.96. The molecule has 0 unspecified atom stereocenters. The lowest BCUT2D eigenvalue weighted by Gasteiger charge is -2.04. The lowest BCUT2D eigenvalue weighted by molar-refractivity contribution is 0.476. The first-order valence-corrected chi connectivity index (χ1v) is 5.31. The van der Waals surface area contributed by atoms with Gasteiger partial charge in [0.05, 0.1) is 0 Å². The number of benzene rings is 2. The van der Waals surface area contributed by atoms with Crippen molar-refractivity contribution >= 4 is 21.7 Å². The molecule has 17 heavy (non-hydrogen) atoms. The highest BCUT2D eigenvalue weighted by Crippen LogP contribution is 2.28. The summed E-state index contributed by atoms with van der Waals surface area (Å²) in [5.74, 6) is 0.161. The topological polar surface area (TPSA) is 50.4 Å². The second kappa shape index (κ2) is 3.35. The number of phenols is 1. The maximum absolute atomic E-state index is 11.4. The van der Waals surface area contributed by atoms with Gasteiger partial charge >= 0.3 is 5.63 Å². The van der Waals surface area contributed by atoms with Crippen molar-refractivity contribution in [1.29, 1.82) is 0 Å². The summed E-state index contributed by atoms with van der Waals surface area (Å²) in [5.41, 5.74) is 1.04. The Morgan fingerprint density at radius 1 is 1.06 bits per heavy atom. The van der Waals surface area contributed by atoms with Gasteiger partial charge in [-0.15, -0.1) is 0 Å². The molecule has 0 spiro atoms. The van der Waals surface area contributed by atoms with E-state index in [1.54, 1.807) is 18.2 Å². The highest BCUT2D eigenvalue weighted by Gasteiger charge is 2.07. The average Bonchev–Trinajstić information content (AvgIpc) is 2.28. The second-order valence-electron chi connectivity index (χ2n) is 4.10. The summed E-state index contributed by atoms with van der Waals surface area (Å²) in [7, 11) is 0. The molecule has 0 bridgehead atoms. The number of fused-ring (bicyclic) bond motifs is 3. The Labute approximate surface area is 96.9 Å². The van der Waals surface area contributed by atoms with Crippen LogP contribution in [-0.4, -0.2) is 5.11 Å². The molecule has 0 aliphatic carbocycles. The minimum absolute atomic E-state index is 0.161. The molecule has 3 rings (SSSR count). The molecule has 0 aliphatic heterocycles.